The molecule has 0 spiro atoms. The van der Waals surface area contributed by atoms with Crippen molar-refractivity contribution in [1.82, 2.24) is 10.3 Å². The summed E-state index contributed by atoms with van der Waals surface area (Å²) in [7, 11) is 1.80. The molecular formula is C16H14BrFN2O. The van der Waals surface area contributed by atoms with E-state index >= 15 is 0 Å². The Labute approximate surface area is 130 Å². The minimum Gasteiger partial charge on any atom is -0.441 e. The van der Waals surface area contributed by atoms with E-state index in [1.165, 1.54) is 6.07 Å². The molecule has 0 aliphatic rings. The van der Waals surface area contributed by atoms with Gasteiger partial charge in [0.2, 0.25) is 0 Å². The summed E-state index contributed by atoms with van der Waals surface area (Å²) in [5, 5.41) is 3.12. The zero-order valence-electron chi connectivity index (χ0n) is 11.4. The normalized spacial score (nSPS) is 12.7. The van der Waals surface area contributed by atoms with E-state index in [0.717, 1.165) is 15.6 Å². The Hall–Kier alpha value is -1.72. The quantitative estimate of drug-likeness (QED) is 0.766. The number of hydrogen-bond donors (Lipinski definition) is 1. The van der Waals surface area contributed by atoms with Crippen molar-refractivity contribution in [1.29, 1.82) is 0 Å². The molecule has 0 fully saturated rings. The fraction of sp³-hybridized carbons (Fsp3) is 0.188. The molecule has 1 heterocycles. The number of aromatic nitrogens is 1. The Balaban J connectivity index is 1.90. The largest absolute Gasteiger partial charge is 0.441 e. The van der Waals surface area contributed by atoms with E-state index in [2.05, 4.69) is 26.2 Å². The van der Waals surface area contributed by atoms with Crippen molar-refractivity contribution < 1.29 is 8.81 Å². The van der Waals surface area contributed by atoms with Gasteiger partial charge in [-0.05, 0) is 31.3 Å². The van der Waals surface area contributed by atoms with Crippen LogP contribution in [0.15, 0.2) is 51.4 Å². The van der Waals surface area contributed by atoms with Crippen molar-refractivity contribution in [2.75, 3.05) is 7.05 Å². The average Bonchev–Trinajstić information content (AvgIpc) is 2.87. The summed E-state index contributed by atoms with van der Waals surface area (Å²) in [6.45, 7) is 0. The molecule has 1 atom stereocenters. The third-order valence-electron chi connectivity index (χ3n) is 3.40. The van der Waals surface area contributed by atoms with Gasteiger partial charge in [0.25, 0.3) is 0 Å². The molecule has 3 aromatic rings. The Morgan fingerprint density at radius 3 is 2.81 bits per heavy atom. The highest BCUT2D eigenvalue weighted by Crippen LogP contribution is 2.25. The number of nitrogens with one attached hydrogen (secondary N) is 1. The highest BCUT2D eigenvalue weighted by molar-refractivity contribution is 9.10. The fourth-order valence-electron chi connectivity index (χ4n) is 2.33. The maximum Gasteiger partial charge on any atom is 0.197 e. The summed E-state index contributed by atoms with van der Waals surface area (Å²) >= 11 is 3.27. The average molecular weight is 349 g/mol. The van der Waals surface area contributed by atoms with Gasteiger partial charge in [-0.3, -0.25) is 0 Å². The number of para-hydroxylation sites is 2. The van der Waals surface area contributed by atoms with Gasteiger partial charge in [0, 0.05) is 22.5 Å². The second kappa shape index (κ2) is 5.95. The van der Waals surface area contributed by atoms with E-state index in [9.17, 15) is 4.39 Å². The Morgan fingerprint density at radius 2 is 2.10 bits per heavy atom. The molecule has 0 radical (unpaired) electrons. The van der Waals surface area contributed by atoms with Gasteiger partial charge in [-0.25, -0.2) is 9.37 Å². The third kappa shape index (κ3) is 2.99. The molecule has 1 aromatic heterocycles. The van der Waals surface area contributed by atoms with E-state index < -0.39 is 0 Å². The third-order valence-corrected chi connectivity index (χ3v) is 3.90. The number of nitrogens with zero attached hydrogens (tertiary/aromatic N) is 1. The summed E-state index contributed by atoms with van der Waals surface area (Å²) in [5.41, 5.74) is 2.17. The minimum absolute atomic E-state index is 0.189. The molecule has 3 nitrogen and oxygen atoms in total. The molecule has 1 unspecified atom stereocenters. The van der Waals surface area contributed by atoms with Gasteiger partial charge in [0.05, 0.1) is 0 Å². The first kappa shape index (κ1) is 14.2. The predicted molar refractivity (Wildman–Crippen MR) is 83.6 cm³/mol. The molecule has 0 aliphatic carbocycles. The molecule has 108 valence electrons. The SMILES string of the molecule is CNC(Cc1nc2ccccc2o1)c1ccc(Br)cc1F. The number of halogens is 2. The Kier molecular flexibility index (Phi) is 4.03. The van der Waals surface area contributed by atoms with Crippen LogP contribution < -0.4 is 5.32 Å². The van der Waals surface area contributed by atoms with Gasteiger partial charge in [-0.15, -0.1) is 0 Å². The maximum atomic E-state index is 14.1. The van der Waals surface area contributed by atoms with E-state index in [4.69, 9.17) is 4.42 Å². The first-order valence-corrected chi connectivity index (χ1v) is 7.43. The van der Waals surface area contributed by atoms with Crippen LogP contribution in [-0.4, -0.2) is 12.0 Å². The van der Waals surface area contributed by atoms with Crippen LogP contribution in [0.3, 0.4) is 0 Å². The van der Waals surface area contributed by atoms with Crippen molar-refractivity contribution in [2.45, 2.75) is 12.5 Å². The van der Waals surface area contributed by atoms with Crippen LogP contribution in [-0.2, 0) is 6.42 Å². The van der Waals surface area contributed by atoms with Crippen molar-refractivity contribution in [3.63, 3.8) is 0 Å². The summed E-state index contributed by atoms with van der Waals surface area (Å²) in [6, 6.07) is 12.5. The number of oxazole rings is 1. The molecule has 1 N–H and O–H groups in total. The lowest BCUT2D eigenvalue weighted by atomic mass is 10.0. The van der Waals surface area contributed by atoms with Crippen molar-refractivity contribution in [3.8, 4) is 0 Å². The van der Waals surface area contributed by atoms with Crippen LogP contribution in [0.2, 0.25) is 0 Å². The zero-order valence-corrected chi connectivity index (χ0v) is 13.0. The molecule has 5 heteroatoms. The fourth-order valence-corrected chi connectivity index (χ4v) is 2.67. The van der Waals surface area contributed by atoms with Gasteiger partial charge < -0.3 is 9.73 Å². The van der Waals surface area contributed by atoms with Crippen LogP contribution in [0.4, 0.5) is 4.39 Å². The van der Waals surface area contributed by atoms with Gasteiger partial charge in [0.15, 0.2) is 11.5 Å². The molecular weight excluding hydrogens is 335 g/mol. The molecule has 0 aliphatic heterocycles. The molecule has 21 heavy (non-hydrogen) atoms. The summed E-state index contributed by atoms with van der Waals surface area (Å²) in [4.78, 5) is 4.43. The van der Waals surface area contributed by atoms with Crippen LogP contribution in [0.1, 0.15) is 17.5 Å². The molecule has 0 bridgehead atoms. The van der Waals surface area contributed by atoms with Gasteiger partial charge >= 0.3 is 0 Å². The summed E-state index contributed by atoms with van der Waals surface area (Å²) < 4.78 is 20.5. The van der Waals surface area contributed by atoms with E-state index in [0.29, 0.717) is 17.9 Å². The predicted octanol–water partition coefficient (Wildman–Crippen LogP) is 4.23. The van der Waals surface area contributed by atoms with Crippen LogP contribution in [0, 0.1) is 5.82 Å². The Bertz CT molecular complexity index is 739. The van der Waals surface area contributed by atoms with Crippen molar-refractivity contribution in [2.24, 2.45) is 0 Å². The maximum absolute atomic E-state index is 14.1. The monoisotopic (exact) mass is 348 g/mol. The zero-order chi connectivity index (χ0) is 14.8. The lowest BCUT2D eigenvalue weighted by Crippen LogP contribution is -2.20. The molecule has 0 saturated carbocycles. The highest BCUT2D eigenvalue weighted by Gasteiger charge is 2.18. The number of likely N-dealkylation sites (N-methyl/N-ethyl adjacent to an activating group) is 1. The van der Waals surface area contributed by atoms with E-state index in [1.807, 2.05) is 30.3 Å². The van der Waals surface area contributed by atoms with Crippen molar-refractivity contribution >= 4 is 27.0 Å². The summed E-state index contributed by atoms with van der Waals surface area (Å²) in [6.07, 6.45) is 0.490. The molecule has 2 aromatic carbocycles. The lowest BCUT2D eigenvalue weighted by Gasteiger charge is -2.15. The van der Waals surface area contributed by atoms with Gasteiger partial charge in [0.1, 0.15) is 11.3 Å². The second-order valence-corrected chi connectivity index (χ2v) is 5.70. The topological polar surface area (TPSA) is 38.1 Å². The number of benzene rings is 2. The highest BCUT2D eigenvalue weighted by atomic mass is 79.9. The van der Waals surface area contributed by atoms with Crippen molar-refractivity contribution in [3.05, 3.63) is 64.2 Å². The number of fused-ring (bicyclic) bond motifs is 1. The number of rotatable bonds is 4. The molecule has 0 amide bonds. The first-order chi connectivity index (χ1) is 10.2. The molecule has 0 saturated heterocycles. The van der Waals surface area contributed by atoms with Gasteiger partial charge in [-0.1, -0.05) is 34.1 Å². The van der Waals surface area contributed by atoms with Crippen LogP contribution >= 0.6 is 15.9 Å². The first-order valence-electron chi connectivity index (χ1n) is 6.64. The standard InChI is InChI=1S/C16H14BrFN2O/c1-19-14(11-7-6-10(17)8-12(11)18)9-16-20-13-4-2-3-5-15(13)21-16/h2-8,14,19H,9H2,1H3. The molecule has 3 rings (SSSR count). The summed E-state index contributed by atoms with van der Waals surface area (Å²) in [5.74, 6) is 0.345. The second-order valence-electron chi connectivity index (χ2n) is 4.79. The lowest BCUT2D eigenvalue weighted by molar-refractivity contribution is 0.461. The van der Waals surface area contributed by atoms with E-state index in [1.54, 1.807) is 13.1 Å². The van der Waals surface area contributed by atoms with E-state index in [-0.39, 0.29) is 11.9 Å². The van der Waals surface area contributed by atoms with Crippen LogP contribution in [0.5, 0.6) is 0 Å². The number of hydrogen-bond acceptors (Lipinski definition) is 3. The van der Waals surface area contributed by atoms with Gasteiger partial charge in [-0.2, -0.15) is 0 Å². The smallest absolute Gasteiger partial charge is 0.197 e. The van der Waals surface area contributed by atoms with Crippen LogP contribution in [0.25, 0.3) is 11.1 Å². The Morgan fingerprint density at radius 1 is 1.29 bits per heavy atom. The minimum atomic E-state index is -0.250.